The molecule has 1 unspecified atom stereocenters. The Morgan fingerprint density at radius 1 is 0.763 bits per heavy atom. The van der Waals surface area contributed by atoms with E-state index in [-0.39, 0.29) is 22.6 Å². The maximum absolute atomic E-state index is 13.6. The normalized spacial score (nSPS) is 16.4. The lowest BCUT2D eigenvalue weighted by atomic mass is 9.93. The number of aliphatic hydroxyl groups excluding tert-OH is 1. The van der Waals surface area contributed by atoms with Crippen LogP contribution >= 0.6 is 0 Å². The summed E-state index contributed by atoms with van der Waals surface area (Å²) in [5, 5.41) is 11.7. The lowest BCUT2D eigenvalue weighted by Gasteiger charge is -2.27. The molecular weight excluding hydrogens is 490 g/mol. The fourth-order valence-electron chi connectivity index (χ4n) is 4.67. The van der Waals surface area contributed by atoms with Crippen LogP contribution in [0.2, 0.25) is 0 Å². The highest BCUT2D eigenvalue weighted by Crippen LogP contribution is 2.48. The molecule has 1 fully saturated rings. The van der Waals surface area contributed by atoms with Crippen LogP contribution in [0.5, 0.6) is 28.7 Å². The Bertz CT molecular complexity index is 1380. The predicted octanol–water partition coefficient (Wildman–Crippen LogP) is 4.66. The van der Waals surface area contributed by atoms with Crippen molar-refractivity contribution in [3.8, 4) is 28.7 Å². The van der Waals surface area contributed by atoms with E-state index in [1.54, 1.807) is 48.5 Å². The summed E-state index contributed by atoms with van der Waals surface area (Å²) in [6.45, 7) is 1.88. The number of methoxy groups -OCH3 is 5. The number of carbonyl (C=O) groups excluding carboxylic acids is 2. The highest BCUT2D eigenvalue weighted by molar-refractivity contribution is 6.51. The molecule has 0 aliphatic carbocycles. The van der Waals surface area contributed by atoms with E-state index in [0.29, 0.717) is 28.5 Å². The van der Waals surface area contributed by atoms with Gasteiger partial charge in [0.2, 0.25) is 5.75 Å². The lowest BCUT2D eigenvalue weighted by molar-refractivity contribution is -0.132. The Morgan fingerprint density at radius 2 is 1.32 bits per heavy atom. The number of hydrogen-bond donors (Lipinski definition) is 1. The molecule has 3 aromatic carbocycles. The number of nitrogens with zero attached hydrogens (tertiary/aromatic N) is 1. The Balaban J connectivity index is 2.08. The van der Waals surface area contributed by atoms with Crippen molar-refractivity contribution in [3.05, 3.63) is 76.9 Å². The third-order valence-corrected chi connectivity index (χ3v) is 6.39. The topological polar surface area (TPSA) is 104 Å². The Morgan fingerprint density at radius 3 is 1.82 bits per heavy atom. The molecule has 0 saturated carbocycles. The van der Waals surface area contributed by atoms with Crippen molar-refractivity contribution in [2.45, 2.75) is 13.0 Å². The van der Waals surface area contributed by atoms with Gasteiger partial charge >= 0.3 is 0 Å². The Kier molecular flexibility index (Phi) is 7.47. The van der Waals surface area contributed by atoms with Gasteiger partial charge in [0.15, 0.2) is 11.5 Å². The van der Waals surface area contributed by atoms with Crippen molar-refractivity contribution in [3.63, 3.8) is 0 Å². The van der Waals surface area contributed by atoms with Crippen LogP contribution in [0.25, 0.3) is 5.76 Å². The number of Topliss-reactive ketones (excluding diaryl/α,β-unsaturated/α-hetero) is 1. The van der Waals surface area contributed by atoms with Gasteiger partial charge in [0.25, 0.3) is 11.7 Å². The van der Waals surface area contributed by atoms with Gasteiger partial charge in [-0.2, -0.15) is 0 Å². The molecule has 1 heterocycles. The summed E-state index contributed by atoms with van der Waals surface area (Å²) in [7, 11) is 7.30. The lowest BCUT2D eigenvalue weighted by Crippen LogP contribution is -2.29. The van der Waals surface area contributed by atoms with E-state index in [9.17, 15) is 14.7 Å². The third kappa shape index (κ3) is 4.36. The molecule has 0 bridgehead atoms. The molecule has 0 radical (unpaired) electrons. The average Bonchev–Trinajstić information content (AvgIpc) is 3.21. The standard InChI is InChI=1S/C29H29NO8/c1-16-9-7-10-18(13-16)30-25(17-14-21(36-4)28(38-6)22(15-17)37-5)24(27(32)29(30)33)26(31)23-19(34-2)11-8-12-20(23)35-3/h7-15,25,31H,1-6H3/b26-24+. The molecule has 1 atom stereocenters. The number of aliphatic hydroxyl groups is 1. The number of anilines is 1. The maximum Gasteiger partial charge on any atom is 0.300 e. The number of ether oxygens (including phenoxy) is 5. The summed E-state index contributed by atoms with van der Waals surface area (Å²) in [5.74, 6) is -0.567. The van der Waals surface area contributed by atoms with E-state index < -0.39 is 23.5 Å². The first kappa shape index (κ1) is 26.4. The molecule has 0 aromatic heterocycles. The minimum absolute atomic E-state index is 0.145. The highest BCUT2D eigenvalue weighted by atomic mass is 16.5. The van der Waals surface area contributed by atoms with Gasteiger partial charge in [-0.15, -0.1) is 0 Å². The third-order valence-electron chi connectivity index (χ3n) is 6.39. The van der Waals surface area contributed by atoms with Crippen LogP contribution in [0, 0.1) is 6.92 Å². The number of ketones is 1. The fourth-order valence-corrected chi connectivity index (χ4v) is 4.67. The van der Waals surface area contributed by atoms with E-state index in [0.717, 1.165) is 5.56 Å². The van der Waals surface area contributed by atoms with Crippen LogP contribution in [-0.2, 0) is 9.59 Å². The smallest absolute Gasteiger partial charge is 0.300 e. The molecule has 1 amide bonds. The second kappa shape index (κ2) is 10.8. The second-order valence-electron chi connectivity index (χ2n) is 8.50. The Labute approximate surface area is 220 Å². The van der Waals surface area contributed by atoms with Crippen molar-refractivity contribution < 1.29 is 38.4 Å². The Hall–Kier alpha value is -4.66. The molecule has 1 aliphatic rings. The monoisotopic (exact) mass is 519 g/mol. The zero-order valence-electron chi connectivity index (χ0n) is 22.0. The highest BCUT2D eigenvalue weighted by Gasteiger charge is 2.48. The quantitative estimate of drug-likeness (QED) is 0.260. The second-order valence-corrected chi connectivity index (χ2v) is 8.50. The van der Waals surface area contributed by atoms with Crippen LogP contribution in [-0.4, -0.2) is 52.3 Å². The number of aryl methyl sites for hydroxylation is 1. The predicted molar refractivity (Wildman–Crippen MR) is 142 cm³/mol. The van der Waals surface area contributed by atoms with E-state index in [1.807, 2.05) is 13.0 Å². The number of benzene rings is 3. The maximum atomic E-state index is 13.6. The zero-order valence-corrected chi connectivity index (χ0v) is 22.0. The van der Waals surface area contributed by atoms with Gasteiger partial charge < -0.3 is 28.8 Å². The van der Waals surface area contributed by atoms with Crippen molar-refractivity contribution in [1.82, 2.24) is 0 Å². The van der Waals surface area contributed by atoms with Gasteiger partial charge in [-0.1, -0.05) is 18.2 Å². The molecular formula is C29H29NO8. The summed E-state index contributed by atoms with van der Waals surface area (Å²) >= 11 is 0. The van der Waals surface area contributed by atoms with E-state index in [2.05, 4.69) is 0 Å². The van der Waals surface area contributed by atoms with Crippen molar-refractivity contribution in [2.24, 2.45) is 0 Å². The summed E-state index contributed by atoms with van der Waals surface area (Å²) in [6.07, 6.45) is 0. The van der Waals surface area contributed by atoms with Gasteiger partial charge in [0.05, 0.1) is 47.2 Å². The SMILES string of the molecule is COc1cc(C2/C(=C(\O)c3c(OC)cccc3OC)C(=O)C(=O)N2c2cccc(C)c2)cc(OC)c1OC. The molecule has 198 valence electrons. The number of amides is 1. The summed E-state index contributed by atoms with van der Waals surface area (Å²) in [6, 6.07) is 14.4. The van der Waals surface area contributed by atoms with Crippen LogP contribution in [0.4, 0.5) is 5.69 Å². The number of rotatable bonds is 8. The van der Waals surface area contributed by atoms with E-state index >= 15 is 0 Å². The number of hydrogen-bond acceptors (Lipinski definition) is 8. The fraction of sp³-hybridized carbons (Fsp3) is 0.241. The van der Waals surface area contributed by atoms with Crippen LogP contribution in [0.3, 0.4) is 0 Å². The van der Waals surface area contributed by atoms with Gasteiger partial charge in [-0.3, -0.25) is 14.5 Å². The first-order valence-corrected chi connectivity index (χ1v) is 11.7. The zero-order chi connectivity index (χ0) is 27.6. The molecule has 0 spiro atoms. The molecule has 1 aliphatic heterocycles. The number of carbonyl (C=O) groups is 2. The molecule has 3 aromatic rings. The largest absolute Gasteiger partial charge is 0.506 e. The summed E-state index contributed by atoms with van der Waals surface area (Å²) in [5.41, 5.74) is 1.83. The van der Waals surface area contributed by atoms with Crippen LogP contribution in [0.1, 0.15) is 22.7 Å². The van der Waals surface area contributed by atoms with E-state index in [4.69, 9.17) is 23.7 Å². The molecule has 38 heavy (non-hydrogen) atoms. The van der Waals surface area contributed by atoms with Crippen molar-refractivity contribution >= 4 is 23.1 Å². The van der Waals surface area contributed by atoms with Gasteiger partial charge in [-0.05, 0) is 54.4 Å². The minimum atomic E-state index is -1.04. The van der Waals surface area contributed by atoms with Gasteiger partial charge in [-0.25, -0.2) is 0 Å². The van der Waals surface area contributed by atoms with Crippen LogP contribution in [0.15, 0.2) is 60.2 Å². The molecule has 9 nitrogen and oxygen atoms in total. The molecule has 9 heteroatoms. The van der Waals surface area contributed by atoms with Crippen molar-refractivity contribution in [1.29, 1.82) is 0 Å². The summed E-state index contributed by atoms with van der Waals surface area (Å²) < 4.78 is 27.4. The average molecular weight is 520 g/mol. The minimum Gasteiger partial charge on any atom is -0.506 e. The van der Waals surface area contributed by atoms with Crippen molar-refractivity contribution in [2.75, 3.05) is 40.4 Å². The van der Waals surface area contributed by atoms with E-state index in [1.165, 1.54) is 40.4 Å². The van der Waals surface area contributed by atoms with Gasteiger partial charge in [0, 0.05) is 5.69 Å². The molecule has 1 N–H and O–H groups in total. The van der Waals surface area contributed by atoms with Gasteiger partial charge in [0.1, 0.15) is 22.8 Å². The molecule has 4 rings (SSSR count). The molecule has 1 saturated heterocycles. The first-order valence-electron chi connectivity index (χ1n) is 11.7. The first-order chi connectivity index (χ1) is 18.3. The summed E-state index contributed by atoms with van der Waals surface area (Å²) in [4.78, 5) is 28.5. The van der Waals surface area contributed by atoms with Crippen LogP contribution < -0.4 is 28.6 Å².